The normalized spacial score (nSPS) is 12.3. The van der Waals surface area contributed by atoms with E-state index in [4.69, 9.17) is 4.74 Å². The van der Waals surface area contributed by atoms with Crippen LogP contribution < -0.4 is 10.1 Å². The molecule has 20 heavy (non-hydrogen) atoms. The molecule has 0 spiro atoms. The molecule has 0 bridgehead atoms. The molecule has 2 rings (SSSR count). The van der Waals surface area contributed by atoms with E-state index in [1.54, 1.807) is 24.6 Å². The lowest BCUT2D eigenvalue weighted by Crippen LogP contribution is -2.24. The molecule has 0 radical (unpaired) electrons. The zero-order valence-electron chi connectivity index (χ0n) is 12.2. The number of nitrogens with zero attached hydrogens (tertiary/aromatic N) is 2. The van der Waals surface area contributed by atoms with Gasteiger partial charge < -0.3 is 10.1 Å². The van der Waals surface area contributed by atoms with Gasteiger partial charge in [-0.25, -0.2) is 9.97 Å². The summed E-state index contributed by atoms with van der Waals surface area (Å²) >= 11 is 1.71. The smallest absolute Gasteiger partial charge is 0.217 e. The number of aryl methyl sites for hydroxylation is 1. The SMILES string of the molecule is CCCNC(Cc1nc(C)cs1)c1cccnc1OC. The van der Waals surface area contributed by atoms with Gasteiger partial charge in [-0.2, -0.15) is 0 Å². The lowest BCUT2D eigenvalue weighted by Gasteiger charge is -2.19. The minimum atomic E-state index is 0.184. The van der Waals surface area contributed by atoms with Crippen molar-refractivity contribution in [3.63, 3.8) is 0 Å². The molecule has 2 heterocycles. The van der Waals surface area contributed by atoms with E-state index in [9.17, 15) is 0 Å². The summed E-state index contributed by atoms with van der Waals surface area (Å²) in [5.74, 6) is 0.689. The standard InChI is InChI=1S/C15H21N3OS/c1-4-7-16-13(9-14-18-11(2)10-20-14)12-6-5-8-17-15(12)19-3/h5-6,8,10,13,16H,4,7,9H2,1-3H3. The molecule has 1 atom stereocenters. The molecule has 0 saturated carbocycles. The zero-order valence-corrected chi connectivity index (χ0v) is 13.0. The molecule has 0 saturated heterocycles. The fourth-order valence-electron chi connectivity index (χ4n) is 2.12. The number of thiazole rings is 1. The lowest BCUT2D eigenvalue weighted by atomic mass is 10.1. The third kappa shape index (κ3) is 3.77. The molecular formula is C15H21N3OS. The van der Waals surface area contributed by atoms with E-state index in [2.05, 4.69) is 33.7 Å². The molecule has 4 nitrogen and oxygen atoms in total. The summed E-state index contributed by atoms with van der Waals surface area (Å²) in [7, 11) is 1.66. The van der Waals surface area contributed by atoms with Crippen LogP contribution in [0.1, 0.15) is 35.7 Å². The first-order valence-corrected chi connectivity index (χ1v) is 7.75. The van der Waals surface area contributed by atoms with Gasteiger partial charge in [-0.3, -0.25) is 0 Å². The van der Waals surface area contributed by atoms with Crippen LogP contribution in [0, 0.1) is 6.92 Å². The third-order valence-electron chi connectivity index (χ3n) is 3.06. The molecule has 108 valence electrons. The summed E-state index contributed by atoms with van der Waals surface area (Å²) in [5, 5.41) is 6.80. The number of methoxy groups -OCH3 is 1. The fraction of sp³-hybridized carbons (Fsp3) is 0.467. The Morgan fingerprint density at radius 2 is 2.30 bits per heavy atom. The molecule has 0 aliphatic rings. The third-order valence-corrected chi connectivity index (χ3v) is 4.04. The Morgan fingerprint density at radius 1 is 1.45 bits per heavy atom. The summed E-state index contributed by atoms with van der Waals surface area (Å²) in [4.78, 5) is 8.85. The number of rotatable bonds is 7. The van der Waals surface area contributed by atoms with Gasteiger partial charge >= 0.3 is 0 Å². The van der Waals surface area contributed by atoms with Crippen molar-refractivity contribution >= 4 is 11.3 Å². The Balaban J connectivity index is 2.22. The second kappa shape index (κ2) is 7.36. The highest BCUT2D eigenvalue weighted by atomic mass is 32.1. The molecule has 0 aliphatic carbocycles. The Hall–Kier alpha value is -1.46. The van der Waals surface area contributed by atoms with Crippen LogP contribution in [-0.4, -0.2) is 23.6 Å². The number of pyridine rings is 1. The molecule has 5 heteroatoms. The van der Waals surface area contributed by atoms with Crippen LogP contribution in [0.3, 0.4) is 0 Å². The van der Waals surface area contributed by atoms with E-state index >= 15 is 0 Å². The van der Waals surface area contributed by atoms with Gasteiger partial charge in [0, 0.05) is 35.3 Å². The molecule has 1 N–H and O–H groups in total. The minimum absolute atomic E-state index is 0.184. The van der Waals surface area contributed by atoms with E-state index < -0.39 is 0 Å². The molecule has 0 fully saturated rings. The van der Waals surface area contributed by atoms with Crippen LogP contribution in [-0.2, 0) is 6.42 Å². The summed E-state index contributed by atoms with van der Waals surface area (Å²) in [6.45, 7) is 5.16. The average Bonchev–Trinajstić information content (AvgIpc) is 2.88. The van der Waals surface area contributed by atoms with Gasteiger partial charge in [0.1, 0.15) is 0 Å². The van der Waals surface area contributed by atoms with Crippen molar-refractivity contribution in [2.24, 2.45) is 0 Å². The van der Waals surface area contributed by atoms with Gasteiger partial charge in [0.15, 0.2) is 0 Å². The van der Waals surface area contributed by atoms with E-state index in [1.165, 1.54) is 0 Å². The first-order chi connectivity index (χ1) is 9.74. The van der Waals surface area contributed by atoms with Crippen LogP contribution in [0.5, 0.6) is 5.88 Å². The molecule has 1 unspecified atom stereocenters. The Morgan fingerprint density at radius 3 is 2.95 bits per heavy atom. The van der Waals surface area contributed by atoms with Crippen LogP contribution in [0.25, 0.3) is 0 Å². The highest BCUT2D eigenvalue weighted by molar-refractivity contribution is 7.09. The number of hydrogen-bond donors (Lipinski definition) is 1. The topological polar surface area (TPSA) is 47.0 Å². The Kier molecular flexibility index (Phi) is 5.49. The van der Waals surface area contributed by atoms with E-state index in [0.29, 0.717) is 5.88 Å². The first kappa shape index (κ1) is 14.9. The van der Waals surface area contributed by atoms with Crippen molar-refractivity contribution in [2.75, 3.05) is 13.7 Å². The highest BCUT2D eigenvalue weighted by Gasteiger charge is 2.18. The van der Waals surface area contributed by atoms with E-state index in [1.807, 2.05) is 13.0 Å². The van der Waals surface area contributed by atoms with Crippen LogP contribution in [0.15, 0.2) is 23.7 Å². The number of ether oxygens (including phenoxy) is 1. The summed E-state index contributed by atoms with van der Waals surface area (Å²) in [5.41, 5.74) is 2.17. The van der Waals surface area contributed by atoms with Crippen molar-refractivity contribution in [3.05, 3.63) is 40.0 Å². The maximum Gasteiger partial charge on any atom is 0.217 e. The van der Waals surface area contributed by atoms with Crippen molar-refractivity contribution in [2.45, 2.75) is 32.7 Å². The van der Waals surface area contributed by atoms with Gasteiger partial charge in [-0.15, -0.1) is 11.3 Å². The zero-order chi connectivity index (χ0) is 14.4. The maximum atomic E-state index is 5.38. The second-order valence-electron chi connectivity index (χ2n) is 4.70. The quantitative estimate of drug-likeness (QED) is 0.851. The first-order valence-electron chi connectivity index (χ1n) is 6.88. The summed E-state index contributed by atoms with van der Waals surface area (Å²) < 4.78 is 5.38. The summed E-state index contributed by atoms with van der Waals surface area (Å²) in [6, 6.07) is 4.20. The van der Waals surface area contributed by atoms with E-state index in [-0.39, 0.29) is 6.04 Å². The van der Waals surface area contributed by atoms with Crippen LogP contribution in [0.4, 0.5) is 0 Å². The monoisotopic (exact) mass is 291 g/mol. The van der Waals surface area contributed by atoms with Gasteiger partial charge in [-0.1, -0.05) is 13.0 Å². The second-order valence-corrected chi connectivity index (χ2v) is 5.64. The van der Waals surface area contributed by atoms with Crippen LogP contribution in [0.2, 0.25) is 0 Å². The predicted octanol–water partition coefficient (Wildman–Crippen LogP) is 3.14. The highest BCUT2D eigenvalue weighted by Crippen LogP contribution is 2.26. The van der Waals surface area contributed by atoms with Crippen molar-refractivity contribution < 1.29 is 4.74 Å². The van der Waals surface area contributed by atoms with Gasteiger partial charge in [0.05, 0.1) is 12.1 Å². The fourth-order valence-corrected chi connectivity index (χ4v) is 2.94. The molecule has 2 aromatic rings. The van der Waals surface area contributed by atoms with E-state index in [0.717, 1.165) is 35.7 Å². The van der Waals surface area contributed by atoms with Gasteiger partial charge in [0.2, 0.25) is 5.88 Å². The minimum Gasteiger partial charge on any atom is -0.481 e. The molecule has 2 aromatic heterocycles. The number of nitrogens with one attached hydrogen (secondary N) is 1. The van der Waals surface area contributed by atoms with Crippen molar-refractivity contribution in [3.8, 4) is 5.88 Å². The summed E-state index contributed by atoms with van der Waals surface area (Å²) in [6.07, 6.45) is 3.71. The largest absolute Gasteiger partial charge is 0.481 e. The molecule has 0 aromatic carbocycles. The Labute approximate surface area is 124 Å². The van der Waals surface area contributed by atoms with Gasteiger partial charge in [0.25, 0.3) is 0 Å². The Bertz CT molecular complexity index is 541. The average molecular weight is 291 g/mol. The number of hydrogen-bond acceptors (Lipinski definition) is 5. The van der Waals surface area contributed by atoms with Crippen molar-refractivity contribution in [1.29, 1.82) is 0 Å². The number of aromatic nitrogens is 2. The maximum absolute atomic E-state index is 5.38. The van der Waals surface area contributed by atoms with Crippen molar-refractivity contribution in [1.82, 2.24) is 15.3 Å². The molecule has 0 aliphatic heterocycles. The molecule has 0 amide bonds. The lowest BCUT2D eigenvalue weighted by molar-refractivity contribution is 0.381. The predicted molar refractivity (Wildman–Crippen MR) is 82.4 cm³/mol. The molecular weight excluding hydrogens is 270 g/mol. The van der Waals surface area contributed by atoms with Gasteiger partial charge in [-0.05, 0) is 26.0 Å². The van der Waals surface area contributed by atoms with Crippen LogP contribution >= 0.6 is 11.3 Å².